The summed E-state index contributed by atoms with van der Waals surface area (Å²) in [6, 6.07) is 5.96. The van der Waals surface area contributed by atoms with Crippen LogP contribution in [0.4, 0.5) is 0 Å². The van der Waals surface area contributed by atoms with Gasteiger partial charge >= 0.3 is 5.97 Å². The number of ether oxygens (including phenoxy) is 1. The van der Waals surface area contributed by atoms with Crippen molar-refractivity contribution < 1.29 is 14.6 Å². The summed E-state index contributed by atoms with van der Waals surface area (Å²) in [5.41, 5.74) is 2.81. The number of benzene rings is 1. The quantitative estimate of drug-likeness (QED) is 0.817. The average Bonchev–Trinajstić information content (AvgIpc) is 2.34. The molecule has 1 N–H and O–H groups in total. The van der Waals surface area contributed by atoms with Gasteiger partial charge in [0.2, 0.25) is 0 Å². The molecule has 0 atom stereocenters. The van der Waals surface area contributed by atoms with Crippen LogP contribution in [0.5, 0.6) is 5.75 Å². The third-order valence-electron chi connectivity index (χ3n) is 3.10. The topological polar surface area (TPSA) is 46.5 Å². The van der Waals surface area contributed by atoms with Gasteiger partial charge in [-0.1, -0.05) is 39.8 Å². The Morgan fingerprint density at radius 1 is 1.26 bits per heavy atom. The molecule has 1 aromatic rings. The molecule has 0 heterocycles. The first-order chi connectivity index (χ1) is 8.86. The van der Waals surface area contributed by atoms with Crippen molar-refractivity contribution in [2.24, 2.45) is 5.92 Å². The number of allylic oxidation sites excluding steroid dienone is 1. The fraction of sp³-hybridized carbons (Fsp3) is 0.438. The van der Waals surface area contributed by atoms with Crippen LogP contribution in [0.3, 0.4) is 0 Å². The fourth-order valence-corrected chi connectivity index (χ4v) is 1.99. The smallest absolute Gasteiger partial charge is 0.328 e. The van der Waals surface area contributed by atoms with Crippen LogP contribution >= 0.6 is 0 Å². The molecule has 0 saturated carbocycles. The first-order valence-corrected chi connectivity index (χ1v) is 6.49. The molecule has 19 heavy (non-hydrogen) atoms. The molecule has 0 aliphatic heterocycles. The van der Waals surface area contributed by atoms with Crippen LogP contribution in [-0.4, -0.2) is 18.2 Å². The summed E-state index contributed by atoms with van der Waals surface area (Å²) in [5.74, 6) is 0.329. The van der Waals surface area contributed by atoms with Gasteiger partial charge in [0.25, 0.3) is 0 Å². The zero-order valence-corrected chi connectivity index (χ0v) is 12.2. The lowest BCUT2D eigenvalue weighted by atomic mass is 9.91. The highest BCUT2D eigenvalue weighted by atomic mass is 16.5. The second-order valence-corrected chi connectivity index (χ2v) is 5.21. The highest BCUT2D eigenvalue weighted by Crippen LogP contribution is 2.33. The van der Waals surface area contributed by atoms with Gasteiger partial charge in [-0.05, 0) is 29.0 Å². The molecule has 0 unspecified atom stereocenters. The van der Waals surface area contributed by atoms with E-state index in [9.17, 15) is 4.79 Å². The Morgan fingerprint density at radius 3 is 2.32 bits per heavy atom. The molecule has 104 valence electrons. The lowest BCUT2D eigenvalue weighted by molar-refractivity contribution is -0.131. The molecule has 3 heteroatoms. The van der Waals surface area contributed by atoms with E-state index in [2.05, 4.69) is 13.8 Å². The monoisotopic (exact) mass is 262 g/mol. The summed E-state index contributed by atoms with van der Waals surface area (Å²) >= 11 is 0. The van der Waals surface area contributed by atoms with Crippen LogP contribution in [0.15, 0.2) is 24.3 Å². The van der Waals surface area contributed by atoms with Crippen LogP contribution in [0, 0.1) is 5.92 Å². The minimum absolute atomic E-state index is 0.120. The van der Waals surface area contributed by atoms with Crippen LogP contribution in [0.2, 0.25) is 0 Å². The maximum atomic E-state index is 10.9. The summed E-state index contributed by atoms with van der Waals surface area (Å²) in [6.45, 7) is 8.19. The van der Waals surface area contributed by atoms with Crippen LogP contribution in [0.25, 0.3) is 5.57 Å². The van der Waals surface area contributed by atoms with Crippen LogP contribution in [0.1, 0.15) is 44.7 Å². The molecule has 0 spiro atoms. The number of carbonyl (C=O) groups is 1. The lowest BCUT2D eigenvalue weighted by Crippen LogP contribution is -2.02. The third-order valence-corrected chi connectivity index (χ3v) is 3.10. The Hall–Kier alpha value is -1.77. The fourth-order valence-electron chi connectivity index (χ4n) is 1.99. The van der Waals surface area contributed by atoms with E-state index >= 15 is 0 Å². The predicted molar refractivity (Wildman–Crippen MR) is 77.5 cm³/mol. The first-order valence-electron chi connectivity index (χ1n) is 6.49. The van der Waals surface area contributed by atoms with Gasteiger partial charge in [0.15, 0.2) is 0 Å². The summed E-state index contributed by atoms with van der Waals surface area (Å²) in [5, 5.41) is 8.98. The average molecular weight is 262 g/mol. The number of hydrogen-bond acceptors (Lipinski definition) is 2. The minimum Gasteiger partial charge on any atom is -0.496 e. The molecule has 1 aromatic carbocycles. The minimum atomic E-state index is -0.932. The summed E-state index contributed by atoms with van der Waals surface area (Å²) in [4.78, 5) is 10.9. The molecule has 0 aliphatic carbocycles. The van der Waals surface area contributed by atoms with Crippen LogP contribution < -0.4 is 4.74 Å². The van der Waals surface area contributed by atoms with Gasteiger partial charge in [-0.2, -0.15) is 0 Å². The highest BCUT2D eigenvalue weighted by molar-refractivity contribution is 5.91. The van der Waals surface area contributed by atoms with E-state index in [1.807, 2.05) is 32.0 Å². The molecule has 0 radical (unpaired) electrons. The van der Waals surface area contributed by atoms with Gasteiger partial charge in [-0.25, -0.2) is 4.79 Å². The first kappa shape index (κ1) is 15.3. The van der Waals surface area contributed by atoms with Crippen molar-refractivity contribution in [3.8, 4) is 5.75 Å². The molecule has 0 amide bonds. The van der Waals surface area contributed by atoms with Gasteiger partial charge in [0, 0.05) is 11.6 Å². The molecule has 0 bridgehead atoms. The molecular weight excluding hydrogens is 240 g/mol. The van der Waals surface area contributed by atoms with Gasteiger partial charge in [0.1, 0.15) is 5.75 Å². The Balaban J connectivity index is 3.35. The molecule has 0 aromatic heterocycles. The molecule has 3 nitrogen and oxygen atoms in total. The molecule has 0 aliphatic rings. The van der Waals surface area contributed by atoms with Crippen molar-refractivity contribution in [3.63, 3.8) is 0 Å². The van der Waals surface area contributed by atoms with Gasteiger partial charge in [-0.15, -0.1) is 0 Å². The van der Waals surface area contributed by atoms with E-state index in [0.717, 1.165) is 16.9 Å². The second-order valence-electron chi connectivity index (χ2n) is 5.21. The number of carboxylic acids is 1. The van der Waals surface area contributed by atoms with E-state index in [-0.39, 0.29) is 5.92 Å². The highest BCUT2D eigenvalue weighted by Gasteiger charge is 2.14. The Bertz CT molecular complexity index is 485. The standard InChI is InChI=1S/C16H22O3/c1-10(2)12-6-7-13(15(8-12)19-5)14(11(3)4)9-16(17)18/h6-11H,1-5H3,(H,17,18)/b14-9+. The van der Waals surface area contributed by atoms with E-state index in [0.29, 0.717) is 5.92 Å². The van der Waals surface area contributed by atoms with Crippen LogP contribution in [-0.2, 0) is 4.79 Å². The number of hydrogen-bond donors (Lipinski definition) is 1. The van der Waals surface area contributed by atoms with E-state index in [4.69, 9.17) is 9.84 Å². The lowest BCUT2D eigenvalue weighted by Gasteiger charge is -2.17. The molecule has 0 fully saturated rings. The summed E-state index contributed by atoms with van der Waals surface area (Å²) < 4.78 is 5.42. The maximum absolute atomic E-state index is 10.9. The van der Waals surface area contributed by atoms with E-state index < -0.39 is 5.97 Å². The zero-order chi connectivity index (χ0) is 14.6. The second kappa shape index (κ2) is 6.41. The van der Waals surface area contributed by atoms with Crippen molar-refractivity contribution in [2.75, 3.05) is 7.11 Å². The number of carboxylic acid groups (broad SMARTS) is 1. The van der Waals surface area contributed by atoms with Crippen molar-refractivity contribution in [2.45, 2.75) is 33.6 Å². The Kier molecular flexibility index (Phi) is 5.16. The number of aliphatic carboxylic acids is 1. The number of methoxy groups -OCH3 is 1. The normalized spacial score (nSPS) is 12.1. The summed E-state index contributed by atoms with van der Waals surface area (Å²) in [6.07, 6.45) is 1.26. The Labute approximate surface area is 114 Å². The predicted octanol–water partition coefficient (Wildman–Crippen LogP) is 3.94. The van der Waals surface area contributed by atoms with Crippen molar-refractivity contribution in [1.29, 1.82) is 0 Å². The SMILES string of the molecule is COc1cc(C(C)C)ccc1/C(=C/C(=O)O)C(C)C. The van der Waals surface area contributed by atoms with Gasteiger partial charge in [-0.3, -0.25) is 0 Å². The Morgan fingerprint density at radius 2 is 1.89 bits per heavy atom. The molecule has 0 saturated heterocycles. The maximum Gasteiger partial charge on any atom is 0.328 e. The third kappa shape index (κ3) is 3.85. The van der Waals surface area contributed by atoms with Crippen molar-refractivity contribution in [3.05, 3.63) is 35.4 Å². The summed E-state index contributed by atoms with van der Waals surface area (Å²) in [7, 11) is 1.61. The largest absolute Gasteiger partial charge is 0.496 e. The molecular formula is C16H22O3. The van der Waals surface area contributed by atoms with Gasteiger partial charge < -0.3 is 9.84 Å². The van der Waals surface area contributed by atoms with Gasteiger partial charge in [0.05, 0.1) is 7.11 Å². The van der Waals surface area contributed by atoms with Crippen molar-refractivity contribution >= 4 is 11.5 Å². The van der Waals surface area contributed by atoms with E-state index in [1.165, 1.54) is 11.6 Å². The molecule has 1 rings (SSSR count). The number of rotatable bonds is 5. The van der Waals surface area contributed by atoms with E-state index in [1.54, 1.807) is 7.11 Å². The zero-order valence-electron chi connectivity index (χ0n) is 12.2. The van der Waals surface area contributed by atoms with Crippen molar-refractivity contribution in [1.82, 2.24) is 0 Å².